The van der Waals surface area contributed by atoms with E-state index in [0.717, 1.165) is 25.3 Å². The Hall–Kier alpha value is -1.93. The van der Waals surface area contributed by atoms with E-state index in [0.29, 0.717) is 11.5 Å². The fourth-order valence-corrected chi connectivity index (χ4v) is 3.14. The van der Waals surface area contributed by atoms with Crippen LogP contribution in [0.1, 0.15) is 25.0 Å². The third kappa shape index (κ3) is 3.12. The molecule has 1 saturated carbocycles. The first kappa shape index (κ1) is 15.0. The topological polar surface area (TPSA) is 84.6 Å². The zero-order valence-corrected chi connectivity index (χ0v) is 12.7. The summed E-state index contributed by atoms with van der Waals surface area (Å²) in [4.78, 5) is -0.353. The molecule has 1 aliphatic rings. The van der Waals surface area contributed by atoms with Crippen LogP contribution in [0.4, 0.5) is 10.2 Å². The monoisotopic (exact) mass is 327 g/mol. The number of benzene rings is 1. The molecule has 0 saturated heterocycles. The maximum atomic E-state index is 14.1. The van der Waals surface area contributed by atoms with Crippen LogP contribution in [0, 0.1) is 12.7 Å². The van der Waals surface area contributed by atoms with E-state index in [4.69, 9.17) is 9.26 Å². The van der Waals surface area contributed by atoms with Crippen molar-refractivity contribution in [2.45, 2.75) is 37.2 Å². The van der Waals surface area contributed by atoms with Gasteiger partial charge in [0.05, 0.1) is 6.10 Å². The Kier molecular flexibility index (Phi) is 3.88. The minimum Gasteiger partial charge on any atom is -0.490 e. The summed E-state index contributed by atoms with van der Waals surface area (Å²) in [5, 5.41) is 3.56. The number of hydrogen-bond donors (Lipinski definition) is 2. The molecular formula is C14H16FN2O4S+. The van der Waals surface area contributed by atoms with Gasteiger partial charge in [-0.1, -0.05) is 5.16 Å². The second-order valence-electron chi connectivity index (χ2n) is 5.21. The smallest absolute Gasteiger partial charge is 0.350 e. The molecule has 1 fully saturated rings. The number of halogens is 1. The van der Waals surface area contributed by atoms with Crippen molar-refractivity contribution in [1.82, 2.24) is 5.16 Å². The predicted octanol–water partition coefficient (Wildman–Crippen LogP) is 3.41. The highest BCUT2D eigenvalue weighted by atomic mass is 32.3. The third-order valence-electron chi connectivity index (χ3n) is 3.43. The fourth-order valence-electron chi connectivity index (χ4n) is 2.07. The van der Waals surface area contributed by atoms with E-state index < -0.39 is 16.2 Å². The van der Waals surface area contributed by atoms with Crippen LogP contribution in [0.15, 0.2) is 33.7 Å². The Bertz CT molecular complexity index is 729. The van der Waals surface area contributed by atoms with Crippen molar-refractivity contribution >= 4 is 16.2 Å². The Labute approximate surface area is 128 Å². The maximum Gasteiger partial charge on any atom is 0.350 e. The van der Waals surface area contributed by atoms with Gasteiger partial charge in [0.2, 0.25) is 5.82 Å². The molecule has 1 aromatic carbocycles. The molecule has 0 radical (unpaired) electrons. The van der Waals surface area contributed by atoms with E-state index in [9.17, 15) is 13.2 Å². The number of aryl methyl sites for hydroxylation is 1. The maximum absolute atomic E-state index is 14.1. The van der Waals surface area contributed by atoms with Gasteiger partial charge in [0.1, 0.15) is 11.5 Å². The number of nitrogens with zero attached hydrogens (tertiary/aromatic N) is 1. The highest BCUT2D eigenvalue weighted by molar-refractivity contribution is 7.99. The molecule has 22 heavy (non-hydrogen) atoms. The predicted molar refractivity (Wildman–Crippen MR) is 78.5 cm³/mol. The Morgan fingerprint density at radius 1 is 1.45 bits per heavy atom. The van der Waals surface area contributed by atoms with Gasteiger partial charge in [0.25, 0.3) is 4.90 Å². The molecule has 1 unspecified atom stereocenters. The van der Waals surface area contributed by atoms with Gasteiger partial charge in [-0.2, -0.15) is 9.27 Å². The molecule has 2 aromatic rings. The molecule has 6 nitrogen and oxygen atoms in total. The number of hydrogen-bond acceptors (Lipinski definition) is 4. The second-order valence-corrected chi connectivity index (χ2v) is 6.91. The van der Waals surface area contributed by atoms with Crippen LogP contribution in [0.5, 0.6) is 5.75 Å². The van der Waals surface area contributed by atoms with Crippen LogP contribution >= 0.6 is 0 Å². The first-order valence-electron chi connectivity index (χ1n) is 6.88. The number of anilines is 1. The highest BCUT2D eigenvalue weighted by Crippen LogP contribution is 2.29. The summed E-state index contributed by atoms with van der Waals surface area (Å²) in [7, 11) is -3.82. The Balaban J connectivity index is 1.78. The summed E-state index contributed by atoms with van der Waals surface area (Å²) in [6, 6.07) is 5.30. The molecule has 8 heteroatoms. The number of nitrogens with one attached hydrogen (secondary N) is 1. The molecule has 0 aliphatic heterocycles. The standard InChI is InChI=1S/C14H15FN2O4S/c1-9-7-14(16-21-9)17-22(18,19)13-6-5-11(8-12(13)15)20-10-3-2-4-10/h5-8,10H,2-4H2,1H3,(H-,16,17,18,19)/p+1. The molecule has 1 aliphatic carbocycles. The fraction of sp³-hybridized carbons (Fsp3) is 0.357. The lowest BCUT2D eigenvalue weighted by atomic mass is 9.96. The minimum absolute atomic E-state index is 0.0687. The van der Waals surface area contributed by atoms with Gasteiger partial charge in [-0.25, -0.2) is 4.39 Å². The summed E-state index contributed by atoms with van der Waals surface area (Å²) in [6.07, 6.45) is 3.12. The molecule has 0 spiro atoms. The normalized spacial score (nSPS) is 17.6. The van der Waals surface area contributed by atoms with Gasteiger partial charge in [-0.15, -0.1) is 0 Å². The highest BCUT2D eigenvalue weighted by Gasteiger charge is 2.35. The second kappa shape index (κ2) is 5.69. The van der Waals surface area contributed by atoms with Crippen LogP contribution in [-0.2, 0) is 14.6 Å². The number of ether oxygens (including phenoxy) is 1. The summed E-state index contributed by atoms with van der Waals surface area (Å²) >= 11 is 0. The number of aromatic nitrogens is 1. The van der Waals surface area contributed by atoms with Crippen LogP contribution in [0.2, 0.25) is 0 Å². The van der Waals surface area contributed by atoms with Gasteiger partial charge >= 0.3 is 10.4 Å². The quantitative estimate of drug-likeness (QED) is 0.822. The molecule has 1 heterocycles. The van der Waals surface area contributed by atoms with E-state index in [2.05, 4.69) is 9.88 Å². The van der Waals surface area contributed by atoms with Crippen LogP contribution in [-0.4, -0.2) is 15.8 Å². The molecule has 0 amide bonds. The first-order valence-corrected chi connectivity index (χ1v) is 8.39. The van der Waals surface area contributed by atoms with Crippen molar-refractivity contribution in [3.8, 4) is 5.75 Å². The van der Waals surface area contributed by atoms with Crippen LogP contribution in [0.25, 0.3) is 0 Å². The van der Waals surface area contributed by atoms with Gasteiger partial charge < -0.3 is 9.26 Å². The summed E-state index contributed by atoms with van der Waals surface area (Å²) in [5.74, 6) is 0.0945. The molecule has 1 aromatic heterocycles. The van der Waals surface area contributed by atoms with Crippen molar-refractivity contribution in [2.75, 3.05) is 4.72 Å². The lowest BCUT2D eigenvalue weighted by Gasteiger charge is -2.26. The molecule has 0 bridgehead atoms. The molecular weight excluding hydrogens is 311 g/mol. The van der Waals surface area contributed by atoms with Crippen molar-refractivity contribution in [3.05, 3.63) is 35.8 Å². The average Bonchev–Trinajstić information content (AvgIpc) is 2.78. The van der Waals surface area contributed by atoms with E-state index >= 15 is 0 Å². The molecule has 2 N–H and O–H groups in total. The lowest BCUT2D eigenvalue weighted by molar-refractivity contribution is 0.120. The lowest BCUT2D eigenvalue weighted by Crippen LogP contribution is -2.25. The zero-order valence-electron chi connectivity index (χ0n) is 11.9. The van der Waals surface area contributed by atoms with Crippen LogP contribution in [0.3, 0.4) is 0 Å². The zero-order chi connectivity index (χ0) is 15.7. The number of rotatable bonds is 5. The summed E-state index contributed by atoms with van der Waals surface area (Å²) in [6.45, 7) is 1.64. The molecule has 3 rings (SSSR count). The van der Waals surface area contributed by atoms with E-state index in [-0.39, 0.29) is 16.8 Å². The van der Waals surface area contributed by atoms with Crippen molar-refractivity contribution in [2.24, 2.45) is 0 Å². The van der Waals surface area contributed by atoms with Gasteiger partial charge in [0, 0.05) is 18.2 Å². The minimum atomic E-state index is -3.82. The average molecular weight is 327 g/mol. The van der Waals surface area contributed by atoms with Gasteiger partial charge in [-0.05, 0) is 36.5 Å². The van der Waals surface area contributed by atoms with Crippen molar-refractivity contribution in [1.29, 1.82) is 0 Å². The first-order chi connectivity index (χ1) is 10.4. The molecule has 1 atom stereocenters. The van der Waals surface area contributed by atoms with Gasteiger partial charge in [-0.3, -0.25) is 0 Å². The van der Waals surface area contributed by atoms with Crippen molar-refractivity contribution in [3.63, 3.8) is 0 Å². The van der Waals surface area contributed by atoms with E-state index in [1.807, 2.05) is 0 Å². The Morgan fingerprint density at radius 3 is 2.77 bits per heavy atom. The summed E-state index contributed by atoms with van der Waals surface area (Å²) < 4.78 is 49.0. The largest absolute Gasteiger partial charge is 0.490 e. The Morgan fingerprint density at radius 2 is 2.23 bits per heavy atom. The van der Waals surface area contributed by atoms with E-state index in [1.165, 1.54) is 18.2 Å². The van der Waals surface area contributed by atoms with Gasteiger partial charge in [0.15, 0.2) is 5.82 Å². The third-order valence-corrected chi connectivity index (χ3v) is 4.84. The van der Waals surface area contributed by atoms with Crippen molar-refractivity contribution < 1.29 is 22.4 Å². The van der Waals surface area contributed by atoms with Crippen LogP contribution < -0.4 is 9.46 Å². The molecule has 118 valence electrons. The SMILES string of the molecule is Cc1cc(N[S+](=O)(O)c2ccc(OC3CCC3)cc2F)no1. The van der Waals surface area contributed by atoms with E-state index in [1.54, 1.807) is 6.92 Å². The summed E-state index contributed by atoms with van der Waals surface area (Å²) in [5.41, 5.74) is 0.